The van der Waals surface area contributed by atoms with E-state index in [-0.39, 0.29) is 32.2 Å². The number of nitrogens with one attached hydrogen (secondary N) is 1. The van der Waals surface area contributed by atoms with E-state index >= 15 is 0 Å². The number of hydrogen-bond acceptors (Lipinski definition) is 5. The maximum atomic E-state index is 14.5. The number of likely N-dealkylation sites (N-methyl/N-ethyl adjacent to an activating group) is 1. The number of rotatable bonds is 6. The number of alkyl carbamates (subject to hydrolysis) is 1. The number of ether oxygens (including phenoxy) is 1. The fourth-order valence-corrected chi connectivity index (χ4v) is 4.46. The molecule has 0 spiro atoms. The van der Waals surface area contributed by atoms with E-state index in [9.17, 15) is 28.3 Å². The normalized spacial score (nSPS) is 18.2. The summed E-state index contributed by atoms with van der Waals surface area (Å²) in [5, 5.41) is 11.2. The van der Waals surface area contributed by atoms with Gasteiger partial charge in [-0.2, -0.15) is 8.78 Å². The third-order valence-corrected chi connectivity index (χ3v) is 6.33. The number of amides is 2. The van der Waals surface area contributed by atoms with E-state index in [1.165, 1.54) is 4.90 Å². The van der Waals surface area contributed by atoms with E-state index in [2.05, 4.69) is 0 Å². The first-order chi connectivity index (χ1) is 16.2. The maximum Gasteiger partial charge on any atom is 0.407 e. The van der Waals surface area contributed by atoms with Crippen LogP contribution in [0.3, 0.4) is 0 Å². The van der Waals surface area contributed by atoms with Gasteiger partial charge in [0.1, 0.15) is 12.6 Å². The van der Waals surface area contributed by atoms with Crippen LogP contribution in [0, 0.1) is 0 Å². The Kier molecular flexibility index (Phi) is 6.52. The van der Waals surface area contributed by atoms with Crippen molar-refractivity contribution in [2.45, 2.75) is 17.9 Å². The lowest BCUT2D eigenvalue weighted by molar-refractivity contribution is -0.162. The number of piperazine rings is 1. The van der Waals surface area contributed by atoms with Crippen LogP contribution in [0.4, 0.5) is 13.6 Å². The maximum absolute atomic E-state index is 14.5. The van der Waals surface area contributed by atoms with Gasteiger partial charge in [-0.05, 0) is 29.3 Å². The molecule has 1 saturated heterocycles. The van der Waals surface area contributed by atoms with Gasteiger partial charge in [0, 0.05) is 25.6 Å². The molecule has 2 aromatic carbocycles. The van der Waals surface area contributed by atoms with Gasteiger partial charge >= 0.3 is 18.0 Å². The molecule has 10 heteroatoms. The number of carboxylic acid groups (broad SMARTS) is 1. The first-order valence-electron chi connectivity index (χ1n) is 10.9. The summed E-state index contributed by atoms with van der Waals surface area (Å²) in [6.07, 6.45) is -1.06. The summed E-state index contributed by atoms with van der Waals surface area (Å²) < 4.78 is 34.2. The number of fused-ring (bicyclic) bond motifs is 3. The van der Waals surface area contributed by atoms with Crippen molar-refractivity contribution in [2.75, 3.05) is 39.8 Å². The monoisotopic (exact) mass is 473 g/mol. The van der Waals surface area contributed by atoms with Crippen molar-refractivity contribution in [3.63, 3.8) is 0 Å². The molecule has 0 aromatic heterocycles. The van der Waals surface area contributed by atoms with Crippen molar-refractivity contribution < 1.29 is 33.0 Å². The Morgan fingerprint density at radius 1 is 1.06 bits per heavy atom. The van der Waals surface area contributed by atoms with E-state index in [0.29, 0.717) is 0 Å². The highest BCUT2D eigenvalue weighted by Gasteiger charge is 2.45. The quantitative estimate of drug-likeness (QED) is 0.669. The van der Waals surface area contributed by atoms with Crippen molar-refractivity contribution in [2.24, 2.45) is 0 Å². The molecular formula is C24H25F2N3O5. The Hall–Kier alpha value is -3.53. The van der Waals surface area contributed by atoms with Crippen LogP contribution < -0.4 is 5.32 Å². The van der Waals surface area contributed by atoms with Crippen LogP contribution in [-0.2, 0) is 14.3 Å². The number of halogens is 2. The Bertz CT molecular complexity index is 1060. The second-order valence-corrected chi connectivity index (χ2v) is 8.47. The van der Waals surface area contributed by atoms with Crippen LogP contribution in [-0.4, -0.2) is 84.7 Å². The average molecular weight is 473 g/mol. The van der Waals surface area contributed by atoms with Gasteiger partial charge < -0.3 is 20.1 Å². The fraction of sp³-hybridized carbons (Fsp3) is 0.375. The first kappa shape index (κ1) is 23.6. The lowest BCUT2D eigenvalue weighted by Crippen LogP contribution is -2.60. The Balaban J connectivity index is 1.33. The third-order valence-electron chi connectivity index (χ3n) is 6.33. The van der Waals surface area contributed by atoms with Crippen LogP contribution >= 0.6 is 0 Å². The summed E-state index contributed by atoms with van der Waals surface area (Å²) in [4.78, 5) is 38.1. The van der Waals surface area contributed by atoms with Crippen LogP contribution in [0.2, 0.25) is 0 Å². The Labute approximate surface area is 195 Å². The molecule has 0 radical (unpaired) electrons. The highest BCUT2D eigenvalue weighted by molar-refractivity contribution is 5.85. The van der Waals surface area contributed by atoms with Gasteiger partial charge in [0.05, 0.1) is 6.54 Å². The highest BCUT2D eigenvalue weighted by atomic mass is 19.3. The number of carbonyl (C=O) groups excluding carboxylic acids is 2. The van der Waals surface area contributed by atoms with Crippen molar-refractivity contribution in [1.29, 1.82) is 0 Å². The smallest absolute Gasteiger partial charge is 0.407 e. The molecule has 1 aliphatic carbocycles. The highest BCUT2D eigenvalue weighted by Crippen LogP contribution is 2.44. The van der Waals surface area contributed by atoms with Crippen LogP contribution in [0.5, 0.6) is 0 Å². The van der Waals surface area contributed by atoms with E-state index in [1.807, 2.05) is 53.8 Å². The number of hydrogen-bond donors (Lipinski definition) is 2. The summed E-state index contributed by atoms with van der Waals surface area (Å²) in [5.74, 6) is -6.84. The second kappa shape index (κ2) is 9.38. The summed E-state index contributed by atoms with van der Waals surface area (Å²) in [5.41, 5.74) is 4.05. The van der Waals surface area contributed by atoms with Crippen molar-refractivity contribution in [3.8, 4) is 11.1 Å². The Morgan fingerprint density at radius 2 is 1.65 bits per heavy atom. The van der Waals surface area contributed by atoms with Crippen LogP contribution in [0.25, 0.3) is 11.1 Å². The molecule has 1 heterocycles. The summed E-state index contributed by atoms with van der Waals surface area (Å²) >= 11 is 0. The molecule has 180 valence electrons. The molecule has 4 rings (SSSR count). The van der Waals surface area contributed by atoms with Crippen molar-refractivity contribution in [3.05, 3.63) is 59.7 Å². The predicted molar refractivity (Wildman–Crippen MR) is 119 cm³/mol. The predicted octanol–water partition coefficient (Wildman–Crippen LogP) is 2.39. The zero-order chi connectivity index (χ0) is 24.5. The van der Waals surface area contributed by atoms with E-state index < -0.39 is 36.5 Å². The third kappa shape index (κ3) is 4.58. The SMILES string of the molecule is CN1CCN(C(=O)C(F)(F)CNC(=O)OCC2c3ccccc3-c3ccccc32)CC1C(=O)O. The number of aliphatic carboxylic acids is 1. The van der Waals surface area contributed by atoms with Gasteiger partial charge in [0.25, 0.3) is 5.91 Å². The Morgan fingerprint density at radius 3 is 2.24 bits per heavy atom. The number of carboxylic acids is 1. The molecule has 1 fully saturated rings. The molecule has 0 saturated carbocycles. The van der Waals surface area contributed by atoms with Crippen LogP contribution in [0.15, 0.2) is 48.5 Å². The topological polar surface area (TPSA) is 99.2 Å². The molecule has 2 N–H and O–H groups in total. The summed E-state index contributed by atoms with van der Waals surface area (Å²) in [6, 6.07) is 14.4. The molecule has 2 aliphatic rings. The second-order valence-electron chi connectivity index (χ2n) is 8.47. The minimum absolute atomic E-state index is 0.0281. The molecule has 34 heavy (non-hydrogen) atoms. The van der Waals surface area contributed by atoms with Gasteiger partial charge in [-0.3, -0.25) is 14.5 Å². The van der Waals surface area contributed by atoms with Gasteiger partial charge in [-0.1, -0.05) is 48.5 Å². The van der Waals surface area contributed by atoms with Crippen molar-refractivity contribution in [1.82, 2.24) is 15.1 Å². The lowest BCUT2D eigenvalue weighted by atomic mass is 9.98. The molecule has 8 nitrogen and oxygen atoms in total. The van der Waals surface area contributed by atoms with Gasteiger partial charge in [0.15, 0.2) is 0 Å². The van der Waals surface area contributed by atoms with E-state index in [1.54, 1.807) is 7.05 Å². The molecule has 1 unspecified atom stereocenters. The number of alkyl halides is 2. The summed E-state index contributed by atoms with van der Waals surface area (Å²) in [7, 11) is 1.55. The molecule has 2 aromatic rings. The number of benzene rings is 2. The standard InChI is InChI=1S/C24H25F2N3O5/c1-28-10-11-29(12-20(28)21(30)31)22(32)24(25,26)14-27-23(33)34-13-19-17-8-4-2-6-15(17)16-7-3-5-9-18(16)19/h2-9,19-20H,10-14H2,1H3,(H,27,33)(H,30,31). The number of carbonyl (C=O) groups is 3. The first-order valence-corrected chi connectivity index (χ1v) is 10.9. The van der Waals surface area contributed by atoms with Gasteiger partial charge in [0.2, 0.25) is 0 Å². The fourth-order valence-electron chi connectivity index (χ4n) is 4.46. The minimum atomic E-state index is -3.90. The molecule has 1 aliphatic heterocycles. The van der Waals surface area contributed by atoms with E-state index in [0.717, 1.165) is 27.2 Å². The van der Waals surface area contributed by atoms with Gasteiger partial charge in [-0.25, -0.2) is 4.79 Å². The molecule has 0 bridgehead atoms. The average Bonchev–Trinajstić information content (AvgIpc) is 3.15. The molecule has 1 atom stereocenters. The zero-order valence-corrected chi connectivity index (χ0v) is 18.5. The zero-order valence-electron chi connectivity index (χ0n) is 18.5. The largest absolute Gasteiger partial charge is 0.480 e. The molecular weight excluding hydrogens is 448 g/mol. The molecule has 2 amide bonds. The van der Waals surface area contributed by atoms with Gasteiger partial charge in [-0.15, -0.1) is 0 Å². The van der Waals surface area contributed by atoms with Crippen LogP contribution in [0.1, 0.15) is 17.0 Å². The number of nitrogens with zero attached hydrogens (tertiary/aromatic N) is 2. The minimum Gasteiger partial charge on any atom is -0.480 e. The van der Waals surface area contributed by atoms with E-state index in [4.69, 9.17) is 4.74 Å². The summed E-state index contributed by atoms with van der Waals surface area (Å²) in [6.45, 7) is -1.52. The lowest BCUT2D eigenvalue weighted by Gasteiger charge is -2.38. The van der Waals surface area contributed by atoms with Crippen molar-refractivity contribution >= 4 is 18.0 Å².